The molecule has 146 valence electrons. The van der Waals surface area contributed by atoms with Crippen molar-refractivity contribution >= 4 is 18.0 Å². The summed E-state index contributed by atoms with van der Waals surface area (Å²) < 4.78 is 10.1. The second kappa shape index (κ2) is 8.85. The lowest BCUT2D eigenvalue weighted by Crippen LogP contribution is -2.54. The monoisotopic (exact) mass is 375 g/mol. The second-order valence-corrected chi connectivity index (χ2v) is 6.77. The molecule has 2 fully saturated rings. The molecule has 2 heterocycles. The first kappa shape index (κ1) is 19.2. The van der Waals surface area contributed by atoms with Crippen LogP contribution >= 0.6 is 0 Å². The Morgan fingerprint density at radius 3 is 2.78 bits per heavy atom. The Kier molecular flexibility index (Phi) is 6.28. The number of nitrogens with one attached hydrogen (secondary N) is 2. The highest BCUT2D eigenvalue weighted by Gasteiger charge is 2.43. The van der Waals surface area contributed by atoms with E-state index >= 15 is 0 Å². The van der Waals surface area contributed by atoms with Crippen LogP contribution in [0.15, 0.2) is 30.3 Å². The third kappa shape index (κ3) is 4.57. The van der Waals surface area contributed by atoms with Crippen LogP contribution in [-0.2, 0) is 25.7 Å². The summed E-state index contributed by atoms with van der Waals surface area (Å²) >= 11 is 0. The van der Waals surface area contributed by atoms with Crippen molar-refractivity contribution in [1.82, 2.24) is 15.5 Å². The van der Waals surface area contributed by atoms with Gasteiger partial charge >= 0.3 is 12.1 Å². The van der Waals surface area contributed by atoms with Gasteiger partial charge in [-0.2, -0.15) is 0 Å². The van der Waals surface area contributed by atoms with Crippen molar-refractivity contribution in [1.29, 1.82) is 0 Å². The zero-order chi connectivity index (χ0) is 19.2. The maximum atomic E-state index is 12.8. The van der Waals surface area contributed by atoms with Crippen LogP contribution in [0.1, 0.15) is 18.4 Å². The van der Waals surface area contributed by atoms with Crippen LogP contribution in [0.3, 0.4) is 0 Å². The van der Waals surface area contributed by atoms with Crippen LogP contribution in [0.5, 0.6) is 0 Å². The molecule has 27 heavy (non-hydrogen) atoms. The van der Waals surface area contributed by atoms with E-state index in [1.54, 1.807) is 4.90 Å². The molecule has 3 rings (SSSR count). The van der Waals surface area contributed by atoms with Gasteiger partial charge in [0.1, 0.15) is 12.6 Å². The number of ether oxygens (including phenoxy) is 2. The highest BCUT2D eigenvalue weighted by atomic mass is 16.5. The van der Waals surface area contributed by atoms with E-state index in [1.165, 1.54) is 7.11 Å². The lowest BCUT2D eigenvalue weighted by Gasteiger charge is -2.36. The fourth-order valence-corrected chi connectivity index (χ4v) is 3.68. The Labute approximate surface area is 158 Å². The summed E-state index contributed by atoms with van der Waals surface area (Å²) in [6, 6.07) is 8.51. The number of carbonyl (C=O) groups is 3. The summed E-state index contributed by atoms with van der Waals surface area (Å²) in [5.41, 5.74) is 0.877. The maximum absolute atomic E-state index is 12.8. The number of methoxy groups -OCH3 is 1. The molecule has 1 aromatic carbocycles. The zero-order valence-electron chi connectivity index (χ0n) is 15.3. The minimum Gasteiger partial charge on any atom is -0.469 e. The van der Waals surface area contributed by atoms with Gasteiger partial charge in [-0.15, -0.1) is 0 Å². The van der Waals surface area contributed by atoms with Crippen LogP contribution < -0.4 is 10.6 Å². The number of nitrogens with zero attached hydrogens (tertiary/aromatic N) is 1. The van der Waals surface area contributed by atoms with Crippen molar-refractivity contribution in [2.45, 2.75) is 31.5 Å². The van der Waals surface area contributed by atoms with Crippen molar-refractivity contribution < 1.29 is 23.9 Å². The van der Waals surface area contributed by atoms with Crippen LogP contribution in [0.2, 0.25) is 0 Å². The van der Waals surface area contributed by atoms with E-state index in [0.717, 1.165) is 12.1 Å². The molecule has 3 atom stereocenters. The van der Waals surface area contributed by atoms with Crippen LogP contribution in [0, 0.1) is 5.92 Å². The minimum absolute atomic E-state index is 0.149. The molecule has 0 bridgehead atoms. The Morgan fingerprint density at radius 2 is 2.04 bits per heavy atom. The second-order valence-electron chi connectivity index (χ2n) is 6.77. The predicted molar refractivity (Wildman–Crippen MR) is 96.7 cm³/mol. The lowest BCUT2D eigenvalue weighted by molar-refractivity contribution is -0.150. The molecule has 2 N–H and O–H groups in total. The van der Waals surface area contributed by atoms with E-state index in [-0.39, 0.29) is 24.5 Å². The standard InChI is InChI=1S/C19H25N3O5/c1-26-18(24)14-11-20-9-7-16(14)22-10-8-15(17(22)23)21-19(25)27-12-13-5-3-2-4-6-13/h2-6,14-16,20H,7-12H2,1H3,(H,21,25)/t14?,15-,16?/m0/s1. The molecule has 2 aliphatic heterocycles. The van der Waals surface area contributed by atoms with Crippen LogP contribution in [0.25, 0.3) is 0 Å². The Bertz CT molecular complexity index is 681. The van der Waals surface area contributed by atoms with E-state index in [2.05, 4.69) is 10.6 Å². The van der Waals surface area contributed by atoms with E-state index in [4.69, 9.17) is 9.47 Å². The maximum Gasteiger partial charge on any atom is 0.408 e. The number of alkyl carbamates (subject to hydrolysis) is 1. The average Bonchev–Trinajstić information content (AvgIpc) is 3.06. The number of esters is 1. The van der Waals surface area contributed by atoms with E-state index in [0.29, 0.717) is 25.9 Å². The Hall–Kier alpha value is -2.61. The first-order valence-electron chi connectivity index (χ1n) is 9.16. The molecule has 0 saturated carbocycles. The molecule has 1 aromatic rings. The van der Waals surface area contributed by atoms with E-state index < -0.39 is 18.1 Å². The largest absolute Gasteiger partial charge is 0.469 e. The number of carbonyl (C=O) groups excluding carboxylic acids is 3. The first-order chi connectivity index (χ1) is 13.1. The van der Waals surface area contributed by atoms with Crippen molar-refractivity contribution in [3.63, 3.8) is 0 Å². The molecular formula is C19H25N3O5. The van der Waals surface area contributed by atoms with Crippen LogP contribution in [-0.4, -0.2) is 61.7 Å². The molecule has 2 unspecified atom stereocenters. The summed E-state index contributed by atoms with van der Waals surface area (Å²) in [5, 5.41) is 5.81. The fraction of sp³-hybridized carbons (Fsp3) is 0.526. The molecule has 0 spiro atoms. The summed E-state index contributed by atoms with van der Waals surface area (Å²) in [7, 11) is 1.35. The quantitative estimate of drug-likeness (QED) is 0.734. The molecule has 2 aliphatic rings. The van der Waals surface area contributed by atoms with E-state index in [1.807, 2.05) is 30.3 Å². The first-order valence-corrected chi connectivity index (χ1v) is 9.16. The molecule has 2 saturated heterocycles. The number of piperidine rings is 1. The van der Waals surface area contributed by atoms with Crippen molar-refractivity contribution in [2.75, 3.05) is 26.7 Å². The van der Waals surface area contributed by atoms with Gasteiger partial charge < -0.3 is 25.0 Å². The number of likely N-dealkylation sites (tertiary alicyclic amines) is 1. The van der Waals surface area contributed by atoms with Gasteiger partial charge in [-0.1, -0.05) is 30.3 Å². The lowest BCUT2D eigenvalue weighted by atomic mass is 9.92. The number of rotatable bonds is 5. The van der Waals surface area contributed by atoms with Crippen molar-refractivity contribution in [3.05, 3.63) is 35.9 Å². The third-order valence-electron chi connectivity index (χ3n) is 5.09. The summed E-state index contributed by atoms with van der Waals surface area (Å²) in [4.78, 5) is 38.5. The van der Waals surface area contributed by atoms with E-state index in [9.17, 15) is 14.4 Å². The third-order valence-corrected chi connectivity index (χ3v) is 5.09. The molecule has 0 aliphatic carbocycles. The van der Waals surface area contributed by atoms with Crippen LogP contribution in [0.4, 0.5) is 4.79 Å². The number of hydrogen-bond acceptors (Lipinski definition) is 6. The van der Waals surface area contributed by atoms with Gasteiger partial charge in [0.2, 0.25) is 5.91 Å². The molecule has 8 heteroatoms. The topological polar surface area (TPSA) is 97.0 Å². The molecular weight excluding hydrogens is 350 g/mol. The highest BCUT2D eigenvalue weighted by molar-refractivity contribution is 5.88. The molecule has 0 radical (unpaired) electrons. The number of hydrogen-bond donors (Lipinski definition) is 2. The van der Waals surface area contributed by atoms with Gasteiger partial charge in [0.15, 0.2) is 0 Å². The number of benzene rings is 1. The SMILES string of the molecule is COC(=O)C1CNCCC1N1CC[C@H](NC(=O)OCc2ccccc2)C1=O. The van der Waals surface area contributed by atoms with Gasteiger partial charge in [0.05, 0.1) is 13.0 Å². The number of amides is 2. The van der Waals surface area contributed by atoms with Gasteiger partial charge in [0.25, 0.3) is 0 Å². The summed E-state index contributed by atoms with van der Waals surface area (Å²) in [5.74, 6) is -0.886. The minimum atomic E-state index is -0.624. The van der Waals surface area contributed by atoms with Crippen molar-refractivity contribution in [3.8, 4) is 0 Å². The highest BCUT2D eigenvalue weighted by Crippen LogP contribution is 2.25. The molecule has 0 aromatic heterocycles. The van der Waals surface area contributed by atoms with Gasteiger partial charge in [-0.05, 0) is 24.9 Å². The Balaban J connectivity index is 1.54. The van der Waals surface area contributed by atoms with Gasteiger partial charge in [-0.25, -0.2) is 4.79 Å². The fourth-order valence-electron chi connectivity index (χ4n) is 3.68. The zero-order valence-corrected chi connectivity index (χ0v) is 15.3. The predicted octanol–water partition coefficient (Wildman–Crippen LogP) is 0.665. The Morgan fingerprint density at radius 1 is 1.26 bits per heavy atom. The normalized spacial score (nSPS) is 25.1. The molecule has 2 amide bonds. The smallest absolute Gasteiger partial charge is 0.408 e. The summed E-state index contributed by atoms with van der Waals surface area (Å²) in [6.07, 6.45) is 0.558. The molecule has 8 nitrogen and oxygen atoms in total. The van der Waals surface area contributed by atoms with Gasteiger partial charge in [0, 0.05) is 19.1 Å². The summed E-state index contributed by atoms with van der Waals surface area (Å²) in [6.45, 7) is 1.87. The average molecular weight is 375 g/mol. The van der Waals surface area contributed by atoms with Crippen molar-refractivity contribution in [2.24, 2.45) is 5.92 Å². The van der Waals surface area contributed by atoms with Gasteiger partial charge in [-0.3, -0.25) is 9.59 Å².